The standard InChI is InChI=1S/C19H21NO4/c1-14(16-6-4-3-5-7-16)20-18(21)13-24-19(22)12-15-8-10-17(23-2)11-9-15/h3-11,14H,12-13H2,1-2H3,(H,20,21)/t14-/m0/s1. The molecule has 0 unspecified atom stereocenters. The molecule has 0 saturated heterocycles. The summed E-state index contributed by atoms with van der Waals surface area (Å²) < 4.78 is 10.1. The van der Waals surface area contributed by atoms with Crippen LogP contribution in [0.1, 0.15) is 24.1 Å². The van der Waals surface area contributed by atoms with Gasteiger partial charge in [-0.15, -0.1) is 0 Å². The molecular formula is C19H21NO4. The fourth-order valence-corrected chi connectivity index (χ4v) is 2.22. The van der Waals surface area contributed by atoms with E-state index in [-0.39, 0.29) is 25.0 Å². The van der Waals surface area contributed by atoms with Crippen LogP contribution >= 0.6 is 0 Å². The number of methoxy groups -OCH3 is 1. The minimum Gasteiger partial charge on any atom is -0.497 e. The Balaban J connectivity index is 1.75. The Hall–Kier alpha value is -2.82. The number of amides is 1. The van der Waals surface area contributed by atoms with E-state index in [0.29, 0.717) is 0 Å². The highest BCUT2D eigenvalue weighted by Gasteiger charge is 2.12. The molecule has 0 radical (unpaired) electrons. The first kappa shape index (κ1) is 17.5. The summed E-state index contributed by atoms with van der Waals surface area (Å²) in [5.41, 5.74) is 1.80. The number of rotatable bonds is 7. The van der Waals surface area contributed by atoms with Crippen LogP contribution in [0, 0.1) is 0 Å². The molecule has 0 aromatic heterocycles. The molecule has 5 nitrogen and oxygen atoms in total. The van der Waals surface area contributed by atoms with Crippen molar-refractivity contribution >= 4 is 11.9 Å². The second-order valence-corrected chi connectivity index (χ2v) is 5.39. The zero-order valence-electron chi connectivity index (χ0n) is 13.8. The molecule has 126 valence electrons. The Labute approximate surface area is 141 Å². The predicted molar refractivity (Wildman–Crippen MR) is 90.7 cm³/mol. The number of carbonyl (C=O) groups is 2. The van der Waals surface area contributed by atoms with Gasteiger partial charge in [-0.25, -0.2) is 0 Å². The first-order valence-electron chi connectivity index (χ1n) is 7.71. The molecule has 24 heavy (non-hydrogen) atoms. The Morgan fingerprint density at radius 1 is 1.04 bits per heavy atom. The second kappa shape index (κ2) is 8.72. The summed E-state index contributed by atoms with van der Waals surface area (Å²) in [6.45, 7) is 1.60. The highest BCUT2D eigenvalue weighted by molar-refractivity contribution is 5.81. The highest BCUT2D eigenvalue weighted by atomic mass is 16.5. The lowest BCUT2D eigenvalue weighted by molar-refractivity contribution is -0.148. The number of benzene rings is 2. The Kier molecular flexibility index (Phi) is 6.37. The van der Waals surface area contributed by atoms with E-state index >= 15 is 0 Å². The predicted octanol–water partition coefficient (Wildman–Crippen LogP) is 2.66. The molecule has 0 aliphatic carbocycles. The third kappa shape index (κ3) is 5.43. The van der Waals surface area contributed by atoms with Crippen LogP contribution in [-0.4, -0.2) is 25.6 Å². The quantitative estimate of drug-likeness (QED) is 0.794. The van der Waals surface area contributed by atoms with Gasteiger partial charge in [0.1, 0.15) is 5.75 Å². The summed E-state index contributed by atoms with van der Waals surface area (Å²) in [5, 5.41) is 2.80. The second-order valence-electron chi connectivity index (χ2n) is 5.39. The zero-order chi connectivity index (χ0) is 17.4. The van der Waals surface area contributed by atoms with Crippen LogP contribution in [0.5, 0.6) is 5.75 Å². The lowest BCUT2D eigenvalue weighted by atomic mass is 10.1. The average molecular weight is 327 g/mol. The van der Waals surface area contributed by atoms with Gasteiger partial charge in [-0.2, -0.15) is 0 Å². The van der Waals surface area contributed by atoms with Crippen molar-refractivity contribution in [3.05, 3.63) is 65.7 Å². The minimum absolute atomic E-state index is 0.117. The van der Waals surface area contributed by atoms with E-state index in [2.05, 4.69) is 5.32 Å². The van der Waals surface area contributed by atoms with Gasteiger partial charge in [-0.1, -0.05) is 42.5 Å². The molecule has 1 amide bonds. The normalized spacial score (nSPS) is 11.4. The largest absolute Gasteiger partial charge is 0.497 e. The summed E-state index contributed by atoms with van der Waals surface area (Å²) in [5.74, 6) is -0.0430. The lowest BCUT2D eigenvalue weighted by Crippen LogP contribution is -2.31. The molecule has 0 spiro atoms. The molecule has 0 saturated carbocycles. The molecule has 1 atom stereocenters. The van der Waals surface area contributed by atoms with Crippen LogP contribution < -0.4 is 10.1 Å². The maximum Gasteiger partial charge on any atom is 0.310 e. The van der Waals surface area contributed by atoms with Crippen molar-refractivity contribution < 1.29 is 19.1 Å². The lowest BCUT2D eigenvalue weighted by Gasteiger charge is -2.14. The Morgan fingerprint density at radius 2 is 1.71 bits per heavy atom. The van der Waals surface area contributed by atoms with E-state index < -0.39 is 5.97 Å². The summed E-state index contributed by atoms with van der Waals surface area (Å²) in [6, 6.07) is 16.6. The van der Waals surface area contributed by atoms with Crippen molar-refractivity contribution in [2.75, 3.05) is 13.7 Å². The third-order valence-corrected chi connectivity index (χ3v) is 3.55. The fourth-order valence-electron chi connectivity index (χ4n) is 2.22. The van der Waals surface area contributed by atoms with Crippen molar-refractivity contribution in [1.29, 1.82) is 0 Å². The van der Waals surface area contributed by atoms with Gasteiger partial charge in [-0.05, 0) is 30.2 Å². The van der Waals surface area contributed by atoms with E-state index in [1.807, 2.05) is 37.3 Å². The molecule has 0 aliphatic heterocycles. The van der Waals surface area contributed by atoms with Crippen LogP contribution in [-0.2, 0) is 20.7 Å². The molecule has 2 aromatic carbocycles. The maximum absolute atomic E-state index is 11.9. The molecule has 0 bridgehead atoms. The molecule has 2 rings (SSSR count). The molecule has 0 aliphatic rings. The number of nitrogens with one attached hydrogen (secondary N) is 1. The molecule has 0 fully saturated rings. The van der Waals surface area contributed by atoms with Gasteiger partial charge in [-0.3, -0.25) is 9.59 Å². The van der Waals surface area contributed by atoms with Crippen LogP contribution in [0.15, 0.2) is 54.6 Å². The van der Waals surface area contributed by atoms with Gasteiger partial charge >= 0.3 is 5.97 Å². The highest BCUT2D eigenvalue weighted by Crippen LogP contribution is 2.12. The molecule has 5 heteroatoms. The van der Waals surface area contributed by atoms with Crippen molar-refractivity contribution in [2.24, 2.45) is 0 Å². The van der Waals surface area contributed by atoms with Gasteiger partial charge < -0.3 is 14.8 Å². The zero-order valence-corrected chi connectivity index (χ0v) is 13.8. The van der Waals surface area contributed by atoms with Gasteiger partial charge in [0.05, 0.1) is 19.6 Å². The van der Waals surface area contributed by atoms with E-state index in [1.165, 1.54) is 0 Å². The Morgan fingerprint density at radius 3 is 2.33 bits per heavy atom. The number of esters is 1. The molecule has 1 N–H and O–H groups in total. The maximum atomic E-state index is 11.9. The molecular weight excluding hydrogens is 306 g/mol. The summed E-state index contributed by atoms with van der Waals surface area (Å²) in [6.07, 6.45) is 0.117. The number of hydrogen-bond acceptors (Lipinski definition) is 4. The van der Waals surface area contributed by atoms with E-state index in [1.54, 1.807) is 31.4 Å². The summed E-state index contributed by atoms with van der Waals surface area (Å²) >= 11 is 0. The fraction of sp³-hybridized carbons (Fsp3) is 0.263. The van der Waals surface area contributed by atoms with Crippen LogP contribution in [0.25, 0.3) is 0 Å². The van der Waals surface area contributed by atoms with Crippen LogP contribution in [0.4, 0.5) is 0 Å². The van der Waals surface area contributed by atoms with Crippen LogP contribution in [0.3, 0.4) is 0 Å². The summed E-state index contributed by atoms with van der Waals surface area (Å²) in [4.78, 5) is 23.7. The van der Waals surface area contributed by atoms with Crippen molar-refractivity contribution in [3.63, 3.8) is 0 Å². The van der Waals surface area contributed by atoms with Gasteiger partial charge in [0.15, 0.2) is 6.61 Å². The number of carbonyl (C=O) groups excluding carboxylic acids is 2. The number of hydrogen-bond donors (Lipinski definition) is 1. The summed E-state index contributed by atoms with van der Waals surface area (Å²) in [7, 11) is 1.58. The third-order valence-electron chi connectivity index (χ3n) is 3.55. The van der Waals surface area contributed by atoms with E-state index in [0.717, 1.165) is 16.9 Å². The van der Waals surface area contributed by atoms with Gasteiger partial charge in [0, 0.05) is 0 Å². The van der Waals surface area contributed by atoms with E-state index in [4.69, 9.17) is 9.47 Å². The topological polar surface area (TPSA) is 64.6 Å². The monoisotopic (exact) mass is 327 g/mol. The first-order valence-corrected chi connectivity index (χ1v) is 7.71. The smallest absolute Gasteiger partial charge is 0.310 e. The number of ether oxygens (including phenoxy) is 2. The van der Waals surface area contributed by atoms with Crippen LogP contribution in [0.2, 0.25) is 0 Å². The first-order chi connectivity index (χ1) is 11.6. The Bertz CT molecular complexity index is 668. The average Bonchev–Trinajstić information content (AvgIpc) is 2.61. The van der Waals surface area contributed by atoms with Crippen molar-refractivity contribution in [2.45, 2.75) is 19.4 Å². The minimum atomic E-state index is -0.442. The van der Waals surface area contributed by atoms with Gasteiger partial charge in [0.2, 0.25) is 0 Å². The SMILES string of the molecule is COc1ccc(CC(=O)OCC(=O)N[C@@H](C)c2ccccc2)cc1. The van der Waals surface area contributed by atoms with Crippen molar-refractivity contribution in [1.82, 2.24) is 5.32 Å². The van der Waals surface area contributed by atoms with Gasteiger partial charge in [0.25, 0.3) is 5.91 Å². The van der Waals surface area contributed by atoms with Crippen molar-refractivity contribution in [3.8, 4) is 5.75 Å². The molecule has 0 heterocycles. The molecule has 2 aromatic rings. The van der Waals surface area contributed by atoms with E-state index in [9.17, 15) is 9.59 Å².